The molecule has 0 amide bonds. The molecule has 4 nitrogen and oxygen atoms in total. The number of rotatable bonds is 4. The highest BCUT2D eigenvalue weighted by atomic mass is 16.5. The van der Waals surface area contributed by atoms with Gasteiger partial charge in [-0.1, -0.05) is 12.1 Å². The van der Waals surface area contributed by atoms with Crippen LogP contribution in [0.3, 0.4) is 0 Å². The first-order valence-corrected chi connectivity index (χ1v) is 7.02. The maximum Gasteiger partial charge on any atom is 0.302 e. The van der Waals surface area contributed by atoms with Crippen LogP contribution in [0, 0.1) is 0 Å². The topological polar surface area (TPSA) is 55.8 Å². The van der Waals surface area contributed by atoms with E-state index in [1.54, 1.807) is 7.11 Å². The van der Waals surface area contributed by atoms with E-state index in [1.165, 1.54) is 6.92 Å². The molecule has 0 saturated heterocycles. The lowest BCUT2D eigenvalue weighted by Crippen LogP contribution is -2.38. The van der Waals surface area contributed by atoms with E-state index in [0.717, 1.165) is 37.0 Å². The van der Waals surface area contributed by atoms with Crippen LogP contribution in [0.25, 0.3) is 0 Å². The minimum atomic E-state index is -0.260. The van der Waals surface area contributed by atoms with E-state index in [9.17, 15) is 9.90 Å². The second-order valence-electron chi connectivity index (χ2n) is 5.52. The molecule has 1 aromatic rings. The molecule has 1 fully saturated rings. The van der Waals surface area contributed by atoms with Crippen molar-refractivity contribution in [2.75, 3.05) is 13.7 Å². The van der Waals surface area contributed by atoms with Gasteiger partial charge in [-0.25, -0.2) is 0 Å². The van der Waals surface area contributed by atoms with E-state index in [0.29, 0.717) is 6.61 Å². The Labute approximate surface area is 119 Å². The van der Waals surface area contributed by atoms with Crippen molar-refractivity contribution in [2.45, 2.75) is 44.1 Å². The van der Waals surface area contributed by atoms with Crippen molar-refractivity contribution in [1.29, 1.82) is 0 Å². The summed E-state index contributed by atoms with van der Waals surface area (Å²) in [5.41, 5.74) is 0.961. The number of benzene rings is 1. The number of aliphatic hydroxyl groups excluding tert-OH is 1. The molecular weight excluding hydrogens is 256 g/mol. The first-order chi connectivity index (χ1) is 9.55. The Morgan fingerprint density at radius 1 is 1.30 bits per heavy atom. The summed E-state index contributed by atoms with van der Waals surface area (Å²) in [6, 6.07) is 7.91. The molecule has 1 aromatic carbocycles. The summed E-state index contributed by atoms with van der Waals surface area (Å²) in [6.45, 7) is 1.81. The second kappa shape index (κ2) is 6.27. The molecule has 0 spiro atoms. The maximum absolute atomic E-state index is 11.1. The maximum atomic E-state index is 11.1. The third kappa shape index (κ3) is 3.31. The molecule has 4 heteroatoms. The molecule has 0 aliphatic heterocycles. The summed E-state index contributed by atoms with van der Waals surface area (Å²) in [7, 11) is 1.64. The van der Waals surface area contributed by atoms with Gasteiger partial charge in [-0.05, 0) is 43.4 Å². The zero-order valence-corrected chi connectivity index (χ0v) is 12.1. The highest BCUT2D eigenvalue weighted by molar-refractivity contribution is 5.66. The fourth-order valence-corrected chi connectivity index (χ4v) is 2.86. The van der Waals surface area contributed by atoms with Crippen LogP contribution in [0.4, 0.5) is 0 Å². The van der Waals surface area contributed by atoms with E-state index in [-0.39, 0.29) is 17.5 Å². The minimum Gasteiger partial charge on any atom is -0.497 e. The quantitative estimate of drug-likeness (QED) is 0.859. The molecule has 0 unspecified atom stereocenters. The van der Waals surface area contributed by atoms with E-state index < -0.39 is 0 Å². The Kier molecular flexibility index (Phi) is 4.65. The fourth-order valence-electron chi connectivity index (χ4n) is 2.86. The lowest BCUT2D eigenvalue weighted by atomic mass is 9.69. The molecular formula is C16H22O4. The van der Waals surface area contributed by atoms with Crippen LogP contribution in [0.1, 0.15) is 38.2 Å². The van der Waals surface area contributed by atoms with Crippen LogP contribution in [0.5, 0.6) is 5.75 Å². The standard InChI is InChI=1S/C16H22O4/c1-12(17)20-11-16(9-7-14(18)8-10-16)13-3-5-15(19-2)6-4-13/h3-6,14,18H,7-11H2,1-2H3/t14-,16+. The number of carbonyl (C=O) groups is 1. The van der Waals surface area contributed by atoms with Gasteiger partial charge in [-0.3, -0.25) is 4.79 Å². The molecule has 0 atom stereocenters. The lowest BCUT2D eigenvalue weighted by molar-refractivity contribution is -0.143. The number of aliphatic hydroxyl groups is 1. The first-order valence-electron chi connectivity index (χ1n) is 7.02. The van der Waals surface area contributed by atoms with Gasteiger partial charge in [0.15, 0.2) is 0 Å². The van der Waals surface area contributed by atoms with Crippen molar-refractivity contribution in [3.63, 3.8) is 0 Å². The molecule has 110 valence electrons. The zero-order valence-electron chi connectivity index (χ0n) is 12.1. The molecule has 1 aliphatic carbocycles. The van der Waals surface area contributed by atoms with Crippen molar-refractivity contribution in [3.8, 4) is 5.75 Å². The van der Waals surface area contributed by atoms with E-state index in [1.807, 2.05) is 24.3 Å². The molecule has 1 N–H and O–H groups in total. The Bertz CT molecular complexity index is 444. The lowest BCUT2D eigenvalue weighted by Gasteiger charge is -2.38. The first kappa shape index (κ1) is 14.9. The number of hydrogen-bond acceptors (Lipinski definition) is 4. The third-order valence-corrected chi connectivity index (χ3v) is 4.17. The Balaban J connectivity index is 2.22. The van der Waals surface area contributed by atoms with E-state index >= 15 is 0 Å². The summed E-state index contributed by atoms with van der Waals surface area (Å²) in [6.07, 6.45) is 2.90. The second-order valence-corrected chi connectivity index (χ2v) is 5.52. The average molecular weight is 278 g/mol. The van der Waals surface area contributed by atoms with Gasteiger partial charge in [-0.2, -0.15) is 0 Å². The largest absolute Gasteiger partial charge is 0.497 e. The summed E-state index contributed by atoms with van der Waals surface area (Å²) < 4.78 is 10.5. The summed E-state index contributed by atoms with van der Waals surface area (Å²) >= 11 is 0. The summed E-state index contributed by atoms with van der Waals surface area (Å²) in [4.78, 5) is 11.1. The van der Waals surface area contributed by atoms with Gasteiger partial charge in [0, 0.05) is 12.3 Å². The number of hydrogen-bond donors (Lipinski definition) is 1. The van der Waals surface area contributed by atoms with Crippen LogP contribution >= 0.6 is 0 Å². The molecule has 0 radical (unpaired) electrons. The normalized spacial score (nSPS) is 26.1. The highest BCUT2D eigenvalue weighted by Crippen LogP contribution is 2.40. The number of esters is 1. The van der Waals surface area contributed by atoms with Gasteiger partial charge in [0.05, 0.1) is 13.2 Å². The summed E-state index contributed by atoms with van der Waals surface area (Å²) in [5, 5.41) is 9.72. The monoisotopic (exact) mass is 278 g/mol. The van der Waals surface area contributed by atoms with Crippen molar-refractivity contribution < 1.29 is 19.4 Å². The van der Waals surface area contributed by atoms with Crippen molar-refractivity contribution >= 4 is 5.97 Å². The zero-order chi connectivity index (χ0) is 14.6. The van der Waals surface area contributed by atoms with Gasteiger partial charge >= 0.3 is 5.97 Å². The van der Waals surface area contributed by atoms with Crippen LogP contribution in [0.15, 0.2) is 24.3 Å². The van der Waals surface area contributed by atoms with Crippen molar-refractivity contribution in [2.24, 2.45) is 0 Å². The van der Waals surface area contributed by atoms with Crippen LogP contribution in [-0.2, 0) is 14.9 Å². The summed E-state index contributed by atoms with van der Waals surface area (Å²) in [5.74, 6) is 0.552. The van der Waals surface area contributed by atoms with Crippen molar-refractivity contribution in [1.82, 2.24) is 0 Å². The van der Waals surface area contributed by atoms with Crippen molar-refractivity contribution in [3.05, 3.63) is 29.8 Å². The third-order valence-electron chi connectivity index (χ3n) is 4.17. The molecule has 0 bridgehead atoms. The van der Waals surface area contributed by atoms with Crippen LogP contribution in [0.2, 0.25) is 0 Å². The Hall–Kier alpha value is -1.55. The average Bonchev–Trinajstić information content (AvgIpc) is 2.47. The fraction of sp³-hybridized carbons (Fsp3) is 0.562. The van der Waals surface area contributed by atoms with Gasteiger partial charge in [0.2, 0.25) is 0 Å². The van der Waals surface area contributed by atoms with Gasteiger partial charge in [-0.15, -0.1) is 0 Å². The molecule has 0 aromatic heterocycles. The Morgan fingerprint density at radius 3 is 2.40 bits per heavy atom. The van der Waals surface area contributed by atoms with Gasteiger partial charge in [0.1, 0.15) is 12.4 Å². The van der Waals surface area contributed by atoms with Crippen LogP contribution in [-0.4, -0.2) is 30.9 Å². The van der Waals surface area contributed by atoms with Gasteiger partial charge in [0.25, 0.3) is 0 Å². The predicted molar refractivity (Wildman–Crippen MR) is 75.8 cm³/mol. The smallest absolute Gasteiger partial charge is 0.302 e. The van der Waals surface area contributed by atoms with E-state index in [2.05, 4.69) is 0 Å². The molecule has 2 rings (SSSR count). The molecule has 1 saturated carbocycles. The molecule has 1 aliphatic rings. The predicted octanol–water partition coefficient (Wildman–Crippen LogP) is 2.43. The SMILES string of the molecule is COc1ccc([C@]2(COC(C)=O)CC[C@H](O)CC2)cc1. The number of carbonyl (C=O) groups excluding carboxylic acids is 1. The van der Waals surface area contributed by atoms with Crippen LogP contribution < -0.4 is 4.74 Å². The van der Waals surface area contributed by atoms with E-state index in [4.69, 9.17) is 9.47 Å². The highest BCUT2D eigenvalue weighted by Gasteiger charge is 2.37. The molecule has 0 heterocycles. The number of methoxy groups -OCH3 is 1. The number of ether oxygens (including phenoxy) is 2. The Morgan fingerprint density at radius 2 is 1.90 bits per heavy atom. The molecule has 20 heavy (non-hydrogen) atoms. The minimum absolute atomic E-state index is 0.183. The van der Waals surface area contributed by atoms with Gasteiger partial charge < -0.3 is 14.6 Å².